The fourth-order valence-corrected chi connectivity index (χ4v) is 2.88. The quantitative estimate of drug-likeness (QED) is 0.896. The molecule has 0 saturated carbocycles. The highest BCUT2D eigenvalue weighted by molar-refractivity contribution is 7.19. The highest BCUT2D eigenvalue weighted by Crippen LogP contribution is 2.33. The number of benzene rings is 1. The summed E-state index contributed by atoms with van der Waals surface area (Å²) >= 11 is 7.68. The molecule has 2 aromatic rings. The molecule has 15 heavy (non-hydrogen) atoms. The minimum absolute atomic E-state index is 0.551. The van der Waals surface area contributed by atoms with Gasteiger partial charge in [0.1, 0.15) is 0 Å². The maximum atomic E-state index is 5.98. The fourth-order valence-electron chi connectivity index (χ4n) is 1.64. The predicted molar refractivity (Wildman–Crippen MR) is 65.4 cm³/mol. The van der Waals surface area contributed by atoms with Gasteiger partial charge >= 0.3 is 0 Å². The Balaban J connectivity index is 2.65. The molecule has 0 amide bonds. The average molecular weight is 242 g/mol. The first-order valence-electron chi connectivity index (χ1n) is 4.65. The summed E-state index contributed by atoms with van der Waals surface area (Å²) in [7, 11) is 1.69. The molecule has 0 unspecified atom stereocenters. The summed E-state index contributed by atoms with van der Waals surface area (Å²) in [6.07, 6.45) is 0. The Bertz CT molecular complexity index is 481. The number of ether oxygens (including phenoxy) is 1. The number of nitrogens with two attached hydrogens (primary N) is 1. The average Bonchev–Trinajstić information content (AvgIpc) is 2.57. The lowest BCUT2D eigenvalue weighted by atomic mass is 10.1. The van der Waals surface area contributed by atoms with Gasteiger partial charge < -0.3 is 10.5 Å². The molecule has 0 atom stereocenters. The standard InChI is InChI=1S/C11H12ClNOS/c1-14-6-9-8-4-7(12)2-3-10(8)15-11(9)5-13/h2-4H,5-6,13H2,1H3. The van der Waals surface area contributed by atoms with Crippen molar-refractivity contribution in [3.05, 3.63) is 33.7 Å². The van der Waals surface area contributed by atoms with Gasteiger partial charge in [-0.1, -0.05) is 11.6 Å². The first-order chi connectivity index (χ1) is 7.26. The Morgan fingerprint density at radius 3 is 2.93 bits per heavy atom. The van der Waals surface area contributed by atoms with Gasteiger partial charge in [0.05, 0.1) is 6.61 Å². The first kappa shape index (κ1) is 10.9. The molecule has 0 bridgehead atoms. The van der Waals surface area contributed by atoms with Gasteiger partial charge in [-0.3, -0.25) is 0 Å². The van der Waals surface area contributed by atoms with Crippen LogP contribution < -0.4 is 5.73 Å². The van der Waals surface area contributed by atoms with Crippen LogP contribution in [0.1, 0.15) is 10.4 Å². The predicted octanol–water partition coefficient (Wildman–Crippen LogP) is 3.16. The molecule has 1 aromatic carbocycles. The van der Waals surface area contributed by atoms with Crippen molar-refractivity contribution in [2.24, 2.45) is 5.73 Å². The van der Waals surface area contributed by atoms with Gasteiger partial charge in [-0.05, 0) is 23.6 Å². The Hall–Kier alpha value is -0.610. The van der Waals surface area contributed by atoms with Gasteiger partial charge in [-0.15, -0.1) is 11.3 Å². The molecule has 0 saturated heterocycles. The Labute approximate surface area is 97.6 Å². The Morgan fingerprint density at radius 2 is 2.27 bits per heavy atom. The van der Waals surface area contributed by atoms with Gasteiger partial charge in [-0.2, -0.15) is 0 Å². The van der Waals surface area contributed by atoms with Gasteiger partial charge in [0.2, 0.25) is 0 Å². The van der Waals surface area contributed by atoms with E-state index in [1.807, 2.05) is 18.2 Å². The first-order valence-corrected chi connectivity index (χ1v) is 5.84. The molecule has 0 spiro atoms. The molecule has 2 N–H and O–H groups in total. The van der Waals surface area contributed by atoms with Gasteiger partial charge in [0.25, 0.3) is 0 Å². The van der Waals surface area contributed by atoms with Crippen LogP contribution in [0.3, 0.4) is 0 Å². The molecule has 0 fully saturated rings. The fraction of sp³-hybridized carbons (Fsp3) is 0.273. The lowest BCUT2D eigenvalue weighted by Gasteiger charge is -2.01. The topological polar surface area (TPSA) is 35.2 Å². The third-order valence-electron chi connectivity index (χ3n) is 2.31. The second-order valence-electron chi connectivity index (χ2n) is 3.28. The van der Waals surface area contributed by atoms with E-state index in [-0.39, 0.29) is 0 Å². The Morgan fingerprint density at radius 1 is 1.47 bits per heavy atom. The van der Waals surface area contributed by atoms with Crippen molar-refractivity contribution >= 4 is 33.0 Å². The van der Waals surface area contributed by atoms with Crippen molar-refractivity contribution in [2.45, 2.75) is 13.2 Å². The monoisotopic (exact) mass is 241 g/mol. The molecule has 0 aliphatic carbocycles. The van der Waals surface area contributed by atoms with Crippen LogP contribution in [0, 0.1) is 0 Å². The van der Waals surface area contributed by atoms with Crippen molar-refractivity contribution < 1.29 is 4.74 Å². The molecule has 0 aliphatic heterocycles. The van der Waals surface area contributed by atoms with E-state index in [4.69, 9.17) is 22.1 Å². The SMILES string of the molecule is COCc1c(CN)sc2ccc(Cl)cc12. The third kappa shape index (κ3) is 2.01. The maximum Gasteiger partial charge on any atom is 0.0730 e. The molecule has 2 nitrogen and oxygen atoms in total. The van der Waals surface area contributed by atoms with E-state index < -0.39 is 0 Å². The van der Waals surface area contributed by atoms with Crippen LogP contribution in [0.2, 0.25) is 5.02 Å². The van der Waals surface area contributed by atoms with Crippen molar-refractivity contribution in [3.63, 3.8) is 0 Å². The summed E-state index contributed by atoms with van der Waals surface area (Å²) in [6.45, 7) is 1.14. The molecule has 1 aromatic heterocycles. The number of fused-ring (bicyclic) bond motifs is 1. The van der Waals surface area contributed by atoms with E-state index in [1.54, 1.807) is 18.4 Å². The molecular weight excluding hydrogens is 230 g/mol. The molecular formula is C11H12ClNOS. The highest BCUT2D eigenvalue weighted by Gasteiger charge is 2.10. The van der Waals surface area contributed by atoms with Gasteiger partial charge in [0, 0.05) is 33.8 Å². The van der Waals surface area contributed by atoms with Crippen molar-refractivity contribution in [1.29, 1.82) is 0 Å². The van der Waals surface area contributed by atoms with Crippen LogP contribution in [0.15, 0.2) is 18.2 Å². The number of methoxy groups -OCH3 is 1. The van der Waals surface area contributed by atoms with E-state index in [2.05, 4.69) is 0 Å². The van der Waals surface area contributed by atoms with E-state index in [0.717, 1.165) is 10.4 Å². The summed E-state index contributed by atoms with van der Waals surface area (Å²) in [5.74, 6) is 0. The normalized spacial score (nSPS) is 11.1. The van der Waals surface area contributed by atoms with Crippen LogP contribution in [0.25, 0.3) is 10.1 Å². The number of hydrogen-bond donors (Lipinski definition) is 1. The molecule has 0 radical (unpaired) electrons. The Kier molecular flexibility index (Phi) is 3.26. The molecule has 4 heteroatoms. The smallest absolute Gasteiger partial charge is 0.0730 e. The summed E-state index contributed by atoms with van der Waals surface area (Å²) < 4.78 is 6.40. The van der Waals surface area contributed by atoms with Crippen LogP contribution in [-0.2, 0) is 17.9 Å². The second-order valence-corrected chi connectivity index (χ2v) is 4.85. The van der Waals surface area contributed by atoms with Crippen LogP contribution >= 0.6 is 22.9 Å². The second kappa shape index (κ2) is 4.49. The zero-order valence-electron chi connectivity index (χ0n) is 8.42. The molecule has 2 rings (SSSR count). The molecule has 0 aliphatic rings. The van der Waals surface area contributed by atoms with Gasteiger partial charge in [-0.25, -0.2) is 0 Å². The number of halogens is 1. The van der Waals surface area contributed by atoms with Crippen molar-refractivity contribution in [1.82, 2.24) is 0 Å². The zero-order valence-corrected chi connectivity index (χ0v) is 9.99. The minimum atomic E-state index is 0.551. The van der Waals surface area contributed by atoms with Crippen LogP contribution in [-0.4, -0.2) is 7.11 Å². The van der Waals surface area contributed by atoms with Crippen molar-refractivity contribution in [2.75, 3.05) is 7.11 Å². The van der Waals surface area contributed by atoms with E-state index in [9.17, 15) is 0 Å². The highest BCUT2D eigenvalue weighted by atomic mass is 35.5. The zero-order chi connectivity index (χ0) is 10.8. The van der Waals surface area contributed by atoms with E-state index in [1.165, 1.54) is 15.1 Å². The van der Waals surface area contributed by atoms with Crippen LogP contribution in [0.5, 0.6) is 0 Å². The van der Waals surface area contributed by atoms with Gasteiger partial charge in [0.15, 0.2) is 0 Å². The number of thiophene rings is 1. The number of rotatable bonds is 3. The van der Waals surface area contributed by atoms with Crippen LogP contribution in [0.4, 0.5) is 0 Å². The third-order valence-corrected chi connectivity index (χ3v) is 3.78. The van der Waals surface area contributed by atoms with E-state index in [0.29, 0.717) is 13.2 Å². The molecule has 1 heterocycles. The van der Waals surface area contributed by atoms with Crippen molar-refractivity contribution in [3.8, 4) is 0 Å². The lowest BCUT2D eigenvalue weighted by Crippen LogP contribution is -1.98. The summed E-state index contributed by atoms with van der Waals surface area (Å²) in [5.41, 5.74) is 6.87. The summed E-state index contributed by atoms with van der Waals surface area (Å²) in [6, 6.07) is 5.90. The minimum Gasteiger partial charge on any atom is -0.380 e. The molecule has 80 valence electrons. The van der Waals surface area contributed by atoms with E-state index >= 15 is 0 Å². The lowest BCUT2D eigenvalue weighted by molar-refractivity contribution is 0.185. The number of hydrogen-bond acceptors (Lipinski definition) is 3. The summed E-state index contributed by atoms with van der Waals surface area (Å²) in [4.78, 5) is 1.18. The largest absolute Gasteiger partial charge is 0.380 e. The maximum absolute atomic E-state index is 5.98. The summed E-state index contributed by atoms with van der Waals surface area (Å²) in [5, 5.41) is 1.91.